The van der Waals surface area contributed by atoms with Crippen LogP contribution in [0.1, 0.15) is 32.1 Å². The Morgan fingerprint density at radius 2 is 2.00 bits per heavy atom. The highest BCUT2D eigenvalue weighted by atomic mass is 32.2. The van der Waals surface area contributed by atoms with Gasteiger partial charge in [0.1, 0.15) is 5.82 Å². The highest BCUT2D eigenvalue weighted by Gasteiger charge is 2.14. The highest BCUT2D eigenvalue weighted by molar-refractivity contribution is 7.98. The van der Waals surface area contributed by atoms with Crippen LogP contribution >= 0.6 is 11.9 Å². The molecule has 0 radical (unpaired) electrons. The molecule has 1 saturated carbocycles. The van der Waals surface area contributed by atoms with Crippen LogP contribution in [0.4, 0.5) is 4.39 Å². The third-order valence-corrected chi connectivity index (χ3v) is 4.09. The van der Waals surface area contributed by atoms with E-state index in [0.717, 1.165) is 4.90 Å². The fourth-order valence-electron chi connectivity index (χ4n) is 2.23. The Hall–Kier alpha value is -1.47. The molecule has 0 aromatic heterocycles. The van der Waals surface area contributed by atoms with E-state index in [1.165, 1.54) is 56.2 Å². The van der Waals surface area contributed by atoms with E-state index in [9.17, 15) is 4.39 Å². The lowest BCUT2D eigenvalue weighted by atomic mass is 9.90. The number of halogens is 1. The minimum Gasteiger partial charge on any atom is -0.471 e. The van der Waals surface area contributed by atoms with Gasteiger partial charge < -0.3 is 4.74 Å². The first-order chi connectivity index (χ1) is 9.78. The van der Waals surface area contributed by atoms with Gasteiger partial charge in [0.25, 0.3) is 5.90 Å². The zero-order valence-electron chi connectivity index (χ0n) is 11.3. The Labute approximate surface area is 124 Å². The minimum absolute atomic E-state index is 0.260. The summed E-state index contributed by atoms with van der Waals surface area (Å²) < 4.78 is 22.6. The molecule has 4 heteroatoms. The van der Waals surface area contributed by atoms with Gasteiger partial charge >= 0.3 is 0 Å². The molecule has 0 heterocycles. The van der Waals surface area contributed by atoms with Gasteiger partial charge in [-0.1, -0.05) is 19.3 Å². The monoisotopic (exact) mass is 291 g/mol. The second-order valence-electron chi connectivity index (χ2n) is 4.90. The maximum absolute atomic E-state index is 12.8. The average Bonchev–Trinajstić information content (AvgIpc) is 2.50. The standard InChI is InChI=1S/C16H18FNOS/c1-2-16(19-12-13-6-4-3-5-7-13)18-20-15-10-8-14(17)9-11-15/h1,8-11,13H,3-7,12H2. The van der Waals surface area contributed by atoms with Crippen molar-refractivity contribution < 1.29 is 9.13 Å². The Morgan fingerprint density at radius 1 is 1.30 bits per heavy atom. The van der Waals surface area contributed by atoms with Gasteiger partial charge in [0.2, 0.25) is 0 Å². The quantitative estimate of drug-likeness (QED) is 0.353. The summed E-state index contributed by atoms with van der Waals surface area (Å²) in [7, 11) is 0. The summed E-state index contributed by atoms with van der Waals surface area (Å²) in [6.07, 6.45) is 11.7. The Kier molecular flexibility index (Phi) is 5.94. The molecule has 0 saturated heterocycles. The molecule has 0 atom stereocenters. The van der Waals surface area contributed by atoms with Crippen LogP contribution in [-0.2, 0) is 4.74 Å². The van der Waals surface area contributed by atoms with Gasteiger partial charge in [-0.05, 0) is 48.9 Å². The number of terminal acetylenes is 1. The summed E-state index contributed by atoms with van der Waals surface area (Å²) in [6.45, 7) is 0.646. The first kappa shape index (κ1) is 14.9. The molecule has 2 rings (SSSR count). The fraction of sp³-hybridized carbons (Fsp3) is 0.438. The zero-order chi connectivity index (χ0) is 14.2. The number of nitrogens with zero attached hydrogens (tertiary/aromatic N) is 1. The van der Waals surface area contributed by atoms with E-state index in [1.54, 1.807) is 12.1 Å². The SMILES string of the molecule is C#CC(=NSc1ccc(F)cc1)OCC1CCCCC1. The molecule has 0 spiro atoms. The first-order valence-corrected chi connectivity index (χ1v) is 7.65. The number of benzene rings is 1. The predicted octanol–water partition coefficient (Wildman–Crippen LogP) is 4.46. The zero-order valence-corrected chi connectivity index (χ0v) is 12.2. The van der Waals surface area contributed by atoms with E-state index in [0.29, 0.717) is 18.4 Å². The predicted molar refractivity (Wildman–Crippen MR) is 81.1 cm³/mol. The third-order valence-electron chi connectivity index (χ3n) is 3.35. The Morgan fingerprint density at radius 3 is 2.65 bits per heavy atom. The topological polar surface area (TPSA) is 21.6 Å². The maximum atomic E-state index is 12.8. The summed E-state index contributed by atoms with van der Waals surface area (Å²) in [5.74, 6) is 3.10. The Bertz CT molecular complexity index is 486. The number of rotatable bonds is 4. The molecule has 1 aliphatic carbocycles. The van der Waals surface area contributed by atoms with Crippen LogP contribution in [0.5, 0.6) is 0 Å². The van der Waals surface area contributed by atoms with E-state index in [1.807, 2.05) is 0 Å². The van der Waals surface area contributed by atoms with E-state index >= 15 is 0 Å². The molecule has 1 aliphatic rings. The molecule has 0 N–H and O–H groups in total. The van der Waals surface area contributed by atoms with Crippen LogP contribution < -0.4 is 0 Å². The summed E-state index contributed by atoms with van der Waals surface area (Å²) in [5, 5.41) is 0. The van der Waals surface area contributed by atoms with Gasteiger partial charge in [-0.3, -0.25) is 0 Å². The second kappa shape index (κ2) is 7.96. The molecule has 0 unspecified atom stereocenters. The molecule has 1 aromatic rings. The molecule has 20 heavy (non-hydrogen) atoms. The highest BCUT2D eigenvalue weighted by Crippen LogP contribution is 2.24. The van der Waals surface area contributed by atoms with Crippen molar-refractivity contribution >= 4 is 17.8 Å². The third kappa shape index (κ3) is 4.90. The van der Waals surface area contributed by atoms with Crippen LogP contribution in [0.3, 0.4) is 0 Å². The van der Waals surface area contributed by atoms with Crippen molar-refractivity contribution in [3.8, 4) is 12.3 Å². The molecule has 1 fully saturated rings. The van der Waals surface area contributed by atoms with Gasteiger partial charge in [-0.25, -0.2) is 4.39 Å². The van der Waals surface area contributed by atoms with Crippen molar-refractivity contribution in [1.29, 1.82) is 0 Å². The molecule has 1 aromatic carbocycles. The van der Waals surface area contributed by atoms with Gasteiger partial charge in [0, 0.05) is 16.8 Å². The minimum atomic E-state index is -0.260. The summed E-state index contributed by atoms with van der Waals surface area (Å²) in [6, 6.07) is 6.13. The van der Waals surface area contributed by atoms with Crippen LogP contribution in [0.25, 0.3) is 0 Å². The number of hydrogen-bond acceptors (Lipinski definition) is 3. The largest absolute Gasteiger partial charge is 0.471 e. The lowest BCUT2D eigenvalue weighted by Gasteiger charge is -2.21. The van der Waals surface area contributed by atoms with Crippen LogP contribution in [-0.4, -0.2) is 12.5 Å². The van der Waals surface area contributed by atoms with E-state index in [4.69, 9.17) is 11.2 Å². The van der Waals surface area contributed by atoms with Crippen LogP contribution in [0.2, 0.25) is 0 Å². The van der Waals surface area contributed by atoms with Crippen LogP contribution in [0, 0.1) is 24.1 Å². The van der Waals surface area contributed by atoms with Crippen molar-refractivity contribution in [2.24, 2.45) is 10.3 Å². The summed E-state index contributed by atoms with van der Waals surface area (Å²) in [5.41, 5.74) is 0. The molecule has 0 bridgehead atoms. The van der Waals surface area contributed by atoms with Crippen molar-refractivity contribution in [2.75, 3.05) is 6.61 Å². The van der Waals surface area contributed by atoms with Gasteiger partial charge in [-0.15, -0.1) is 6.42 Å². The van der Waals surface area contributed by atoms with E-state index in [-0.39, 0.29) is 5.82 Å². The normalized spacial score (nSPS) is 16.7. The number of ether oxygens (including phenoxy) is 1. The molecule has 0 amide bonds. The fourth-order valence-corrected chi connectivity index (χ4v) is 2.79. The number of hydrogen-bond donors (Lipinski definition) is 0. The average molecular weight is 291 g/mol. The maximum Gasteiger partial charge on any atom is 0.275 e. The first-order valence-electron chi connectivity index (χ1n) is 6.88. The van der Waals surface area contributed by atoms with Gasteiger partial charge in [0.15, 0.2) is 0 Å². The van der Waals surface area contributed by atoms with Crippen molar-refractivity contribution in [1.82, 2.24) is 0 Å². The van der Waals surface area contributed by atoms with Crippen molar-refractivity contribution in [3.05, 3.63) is 30.1 Å². The Balaban J connectivity index is 1.82. The molecule has 2 nitrogen and oxygen atoms in total. The van der Waals surface area contributed by atoms with E-state index < -0.39 is 0 Å². The summed E-state index contributed by atoms with van der Waals surface area (Å²) in [4.78, 5) is 0.834. The lowest BCUT2D eigenvalue weighted by molar-refractivity contribution is 0.202. The van der Waals surface area contributed by atoms with Gasteiger partial charge in [0.05, 0.1) is 6.61 Å². The lowest BCUT2D eigenvalue weighted by Crippen LogP contribution is -2.15. The van der Waals surface area contributed by atoms with Crippen molar-refractivity contribution in [2.45, 2.75) is 37.0 Å². The van der Waals surface area contributed by atoms with Gasteiger partial charge in [-0.2, -0.15) is 4.40 Å². The molecule has 0 aliphatic heterocycles. The second-order valence-corrected chi connectivity index (χ2v) is 5.74. The summed E-state index contributed by atoms with van der Waals surface area (Å²) >= 11 is 1.20. The smallest absolute Gasteiger partial charge is 0.275 e. The van der Waals surface area contributed by atoms with Crippen LogP contribution in [0.15, 0.2) is 33.6 Å². The molecular weight excluding hydrogens is 273 g/mol. The van der Waals surface area contributed by atoms with E-state index in [2.05, 4.69) is 10.3 Å². The molecule has 106 valence electrons. The van der Waals surface area contributed by atoms with Crippen molar-refractivity contribution in [3.63, 3.8) is 0 Å². The molecular formula is C16H18FNOS.